The van der Waals surface area contributed by atoms with E-state index in [9.17, 15) is 0 Å². The fraction of sp³-hybridized carbons (Fsp3) is 0.538. The zero-order valence-electron chi connectivity index (χ0n) is 9.40. The molecule has 0 aliphatic heterocycles. The first kappa shape index (κ1) is 10.7. The van der Waals surface area contributed by atoms with E-state index in [1.807, 2.05) is 6.92 Å². The smallest absolute Gasteiger partial charge is 0.0582 e. The second-order valence-corrected chi connectivity index (χ2v) is 4.61. The van der Waals surface area contributed by atoms with Crippen LogP contribution in [0.4, 0.5) is 0 Å². The Morgan fingerprint density at radius 2 is 2.20 bits per heavy atom. The van der Waals surface area contributed by atoms with Gasteiger partial charge in [0.25, 0.3) is 0 Å². The summed E-state index contributed by atoms with van der Waals surface area (Å²) in [5.74, 6) is 0.622. The first-order valence-electron chi connectivity index (χ1n) is 5.67. The quantitative estimate of drug-likeness (QED) is 0.790. The highest BCUT2D eigenvalue weighted by Gasteiger charge is 2.29. The van der Waals surface area contributed by atoms with Crippen molar-refractivity contribution < 1.29 is 5.11 Å². The van der Waals surface area contributed by atoms with Crippen molar-refractivity contribution in [1.82, 2.24) is 5.32 Å². The van der Waals surface area contributed by atoms with Crippen molar-refractivity contribution >= 4 is 0 Å². The van der Waals surface area contributed by atoms with Gasteiger partial charge in [0.05, 0.1) is 6.61 Å². The Morgan fingerprint density at radius 1 is 1.47 bits per heavy atom. The molecule has 1 aromatic rings. The number of aliphatic hydroxyl groups excluding tert-OH is 1. The topological polar surface area (TPSA) is 32.3 Å². The van der Waals surface area contributed by atoms with E-state index in [4.69, 9.17) is 5.11 Å². The standard InChI is InChI=1S/C13H19NO/c1-9-7-11-5-3-4-6-12(11)13(9)14-10(2)8-15/h3-6,9-10,13-15H,7-8H2,1-2H3/t9?,10-,13?/m1/s1. The third-order valence-corrected chi connectivity index (χ3v) is 3.24. The normalized spacial score (nSPS) is 26.3. The zero-order valence-corrected chi connectivity index (χ0v) is 9.40. The van der Waals surface area contributed by atoms with Gasteiger partial charge in [0.2, 0.25) is 0 Å². The molecule has 2 heteroatoms. The third kappa shape index (κ3) is 2.06. The summed E-state index contributed by atoms with van der Waals surface area (Å²) in [5, 5.41) is 12.6. The highest BCUT2D eigenvalue weighted by Crippen LogP contribution is 2.35. The number of hydrogen-bond donors (Lipinski definition) is 2. The van der Waals surface area contributed by atoms with Gasteiger partial charge in [-0.25, -0.2) is 0 Å². The fourth-order valence-corrected chi connectivity index (χ4v) is 2.41. The number of rotatable bonds is 3. The van der Waals surface area contributed by atoms with E-state index in [1.165, 1.54) is 11.1 Å². The van der Waals surface area contributed by atoms with Gasteiger partial charge >= 0.3 is 0 Å². The summed E-state index contributed by atoms with van der Waals surface area (Å²) in [6.45, 7) is 4.49. The average Bonchev–Trinajstić information content (AvgIpc) is 2.55. The van der Waals surface area contributed by atoms with Crippen LogP contribution in [0.3, 0.4) is 0 Å². The Bertz CT molecular complexity index is 337. The highest BCUT2D eigenvalue weighted by atomic mass is 16.3. The van der Waals surface area contributed by atoms with Crippen LogP contribution < -0.4 is 5.32 Å². The van der Waals surface area contributed by atoms with Crippen molar-refractivity contribution in [1.29, 1.82) is 0 Å². The molecule has 0 heterocycles. The summed E-state index contributed by atoms with van der Waals surface area (Å²) in [6, 6.07) is 9.17. The molecule has 0 saturated heterocycles. The second kappa shape index (κ2) is 4.33. The lowest BCUT2D eigenvalue weighted by atomic mass is 10.0. The van der Waals surface area contributed by atoms with E-state index in [-0.39, 0.29) is 12.6 Å². The molecule has 0 spiro atoms. The lowest BCUT2D eigenvalue weighted by molar-refractivity contribution is 0.231. The van der Waals surface area contributed by atoms with Gasteiger partial charge in [-0.2, -0.15) is 0 Å². The van der Waals surface area contributed by atoms with Crippen LogP contribution in [-0.4, -0.2) is 17.8 Å². The lowest BCUT2D eigenvalue weighted by Gasteiger charge is -2.22. The van der Waals surface area contributed by atoms with Crippen LogP contribution >= 0.6 is 0 Å². The van der Waals surface area contributed by atoms with Crippen molar-refractivity contribution in [2.24, 2.45) is 5.92 Å². The van der Waals surface area contributed by atoms with E-state index in [2.05, 4.69) is 36.5 Å². The monoisotopic (exact) mass is 205 g/mol. The van der Waals surface area contributed by atoms with Crippen LogP contribution in [0.15, 0.2) is 24.3 Å². The molecule has 2 rings (SSSR count). The number of aliphatic hydroxyl groups is 1. The zero-order chi connectivity index (χ0) is 10.8. The van der Waals surface area contributed by atoms with Gasteiger partial charge in [-0.3, -0.25) is 0 Å². The molecule has 0 amide bonds. The number of nitrogens with one attached hydrogen (secondary N) is 1. The van der Waals surface area contributed by atoms with Crippen LogP contribution in [0.1, 0.15) is 31.0 Å². The molecule has 0 aromatic heterocycles. The van der Waals surface area contributed by atoms with Gasteiger partial charge in [-0.15, -0.1) is 0 Å². The van der Waals surface area contributed by atoms with Gasteiger partial charge in [-0.05, 0) is 30.4 Å². The first-order valence-corrected chi connectivity index (χ1v) is 5.67. The molecule has 1 aliphatic rings. The van der Waals surface area contributed by atoms with Crippen molar-refractivity contribution in [2.45, 2.75) is 32.4 Å². The van der Waals surface area contributed by atoms with E-state index >= 15 is 0 Å². The third-order valence-electron chi connectivity index (χ3n) is 3.24. The van der Waals surface area contributed by atoms with E-state index in [0.29, 0.717) is 12.0 Å². The summed E-state index contributed by atoms with van der Waals surface area (Å²) in [7, 11) is 0. The van der Waals surface area contributed by atoms with Crippen LogP contribution in [0, 0.1) is 5.92 Å². The summed E-state index contributed by atoms with van der Waals surface area (Å²) < 4.78 is 0. The fourth-order valence-electron chi connectivity index (χ4n) is 2.41. The molecular formula is C13H19NO. The molecule has 0 fully saturated rings. The Labute approximate surface area is 91.3 Å². The summed E-state index contributed by atoms with van der Waals surface area (Å²) in [4.78, 5) is 0. The van der Waals surface area contributed by atoms with Crippen molar-refractivity contribution in [3.8, 4) is 0 Å². The maximum atomic E-state index is 9.07. The summed E-state index contributed by atoms with van der Waals surface area (Å²) in [6.07, 6.45) is 1.14. The van der Waals surface area contributed by atoms with Gasteiger partial charge in [0.15, 0.2) is 0 Å². The lowest BCUT2D eigenvalue weighted by Crippen LogP contribution is -2.34. The van der Waals surface area contributed by atoms with E-state index in [0.717, 1.165) is 6.42 Å². The minimum atomic E-state index is 0.170. The Balaban J connectivity index is 2.18. The predicted octanol–water partition coefficient (Wildman–Crippen LogP) is 1.89. The SMILES string of the molecule is CC1Cc2ccccc2C1N[C@H](C)CO. The Morgan fingerprint density at radius 3 is 2.93 bits per heavy atom. The van der Waals surface area contributed by atoms with Gasteiger partial charge in [0, 0.05) is 12.1 Å². The highest BCUT2D eigenvalue weighted by molar-refractivity contribution is 5.35. The van der Waals surface area contributed by atoms with Gasteiger partial charge in [-0.1, -0.05) is 31.2 Å². The van der Waals surface area contributed by atoms with Crippen LogP contribution in [0.5, 0.6) is 0 Å². The molecule has 0 saturated carbocycles. The number of hydrogen-bond acceptors (Lipinski definition) is 2. The minimum absolute atomic E-state index is 0.170. The molecule has 2 unspecified atom stereocenters. The first-order chi connectivity index (χ1) is 7.22. The minimum Gasteiger partial charge on any atom is -0.395 e. The molecule has 0 radical (unpaired) electrons. The molecule has 2 N–H and O–H groups in total. The predicted molar refractivity (Wildman–Crippen MR) is 61.7 cm³/mol. The molecule has 82 valence electrons. The second-order valence-electron chi connectivity index (χ2n) is 4.61. The van der Waals surface area contributed by atoms with Crippen LogP contribution in [-0.2, 0) is 6.42 Å². The van der Waals surface area contributed by atoms with Crippen LogP contribution in [0.2, 0.25) is 0 Å². The van der Waals surface area contributed by atoms with Crippen molar-refractivity contribution in [2.75, 3.05) is 6.61 Å². The van der Waals surface area contributed by atoms with Crippen molar-refractivity contribution in [3.63, 3.8) is 0 Å². The molecule has 1 aliphatic carbocycles. The molecule has 3 atom stereocenters. The summed E-state index contributed by atoms with van der Waals surface area (Å²) >= 11 is 0. The Hall–Kier alpha value is -0.860. The Kier molecular flexibility index (Phi) is 3.08. The molecule has 2 nitrogen and oxygen atoms in total. The van der Waals surface area contributed by atoms with Gasteiger partial charge < -0.3 is 10.4 Å². The molecule has 0 bridgehead atoms. The summed E-state index contributed by atoms with van der Waals surface area (Å²) in [5.41, 5.74) is 2.86. The molecular weight excluding hydrogens is 186 g/mol. The number of benzene rings is 1. The average molecular weight is 205 g/mol. The van der Waals surface area contributed by atoms with E-state index < -0.39 is 0 Å². The van der Waals surface area contributed by atoms with Gasteiger partial charge in [0.1, 0.15) is 0 Å². The van der Waals surface area contributed by atoms with Crippen LogP contribution in [0.25, 0.3) is 0 Å². The largest absolute Gasteiger partial charge is 0.395 e. The maximum Gasteiger partial charge on any atom is 0.0582 e. The molecule has 1 aromatic carbocycles. The number of fused-ring (bicyclic) bond motifs is 1. The maximum absolute atomic E-state index is 9.07. The molecule has 15 heavy (non-hydrogen) atoms. The van der Waals surface area contributed by atoms with Crippen molar-refractivity contribution in [3.05, 3.63) is 35.4 Å². The van der Waals surface area contributed by atoms with E-state index in [1.54, 1.807) is 0 Å².